The van der Waals surface area contributed by atoms with Crippen LogP contribution >= 0.6 is 11.3 Å². The van der Waals surface area contributed by atoms with E-state index in [1.54, 1.807) is 11.6 Å². The first-order valence-electron chi connectivity index (χ1n) is 8.96. The van der Waals surface area contributed by atoms with Gasteiger partial charge in [-0.1, -0.05) is 6.07 Å². The van der Waals surface area contributed by atoms with Crippen molar-refractivity contribution in [2.75, 3.05) is 24.5 Å². The third kappa shape index (κ3) is 3.91. The molecule has 2 aromatic heterocycles. The van der Waals surface area contributed by atoms with Crippen LogP contribution in [0.2, 0.25) is 0 Å². The fourth-order valence-corrected chi connectivity index (χ4v) is 4.15. The van der Waals surface area contributed by atoms with Gasteiger partial charge >= 0.3 is 0 Å². The Balaban J connectivity index is 1.37. The first kappa shape index (κ1) is 17.4. The van der Waals surface area contributed by atoms with E-state index < -0.39 is 0 Å². The number of aromatic nitrogens is 2. The molecule has 1 atom stereocenters. The molecule has 136 valence electrons. The minimum Gasteiger partial charge on any atom is -0.356 e. The second-order valence-electron chi connectivity index (χ2n) is 6.69. The Labute approximate surface area is 161 Å². The van der Waals surface area contributed by atoms with E-state index in [0.717, 1.165) is 42.0 Å². The van der Waals surface area contributed by atoms with Gasteiger partial charge in [0.25, 0.3) is 5.91 Å². The summed E-state index contributed by atoms with van der Waals surface area (Å²) in [4.78, 5) is 23.3. The molecule has 0 radical (unpaired) electrons. The molecular weight excluding hydrogens is 358 g/mol. The number of anilines is 1. The fraction of sp³-hybridized carbons (Fsp3) is 0.300. The summed E-state index contributed by atoms with van der Waals surface area (Å²) in [6.07, 6.45) is 2.12. The summed E-state index contributed by atoms with van der Waals surface area (Å²) < 4.78 is 1.02. The Bertz CT molecular complexity index is 1010. The molecule has 7 heteroatoms. The highest BCUT2D eigenvalue weighted by atomic mass is 32.1. The number of rotatable bonds is 4. The normalized spacial score (nSPS) is 16.9. The quantitative estimate of drug-likeness (QED) is 0.755. The van der Waals surface area contributed by atoms with Crippen LogP contribution in [-0.2, 0) is 0 Å². The fourth-order valence-electron chi connectivity index (χ4n) is 3.44. The maximum absolute atomic E-state index is 12.5. The van der Waals surface area contributed by atoms with Gasteiger partial charge in [-0.05, 0) is 49.1 Å². The Hall–Kier alpha value is -2.98. The molecule has 1 aliphatic heterocycles. The predicted molar refractivity (Wildman–Crippen MR) is 106 cm³/mol. The van der Waals surface area contributed by atoms with E-state index in [-0.39, 0.29) is 5.91 Å². The maximum atomic E-state index is 12.5. The van der Waals surface area contributed by atoms with Gasteiger partial charge in [0.2, 0.25) is 0 Å². The van der Waals surface area contributed by atoms with Crippen molar-refractivity contribution in [3.8, 4) is 6.07 Å². The smallest absolute Gasteiger partial charge is 0.251 e. The molecular formula is C20H19N5OS. The van der Waals surface area contributed by atoms with Crippen molar-refractivity contribution in [2.24, 2.45) is 5.92 Å². The number of hydrogen-bond donors (Lipinski definition) is 1. The number of amides is 1. The number of benzene rings is 1. The second-order valence-corrected chi connectivity index (χ2v) is 7.58. The highest BCUT2D eigenvalue weighted by molar-refractivity contribution is 7.16. The molecule has 0 spiro atoms. The first-order chi connectivity index (χ1) is 13.2. The molecule has 1 aliphatic rings. The van der Waals surface area contributed by atoms with E-state index in [4.69, 9.17) is 5.26 Å². The van der Waals surface area contributed by atoms with Gasteiger partial charge in [0.05, 0.1) is 15.7 Å². The lowest BCUT2D eigenvalue weighted by Crippen LogP contribution is -2.41. The number of carbonyl (C=O) groups excluding carboxylic acids is 1. The van der Waals surface area contributed by atoms with Crippen molar-refractivity contribution < 1.29 is 4.79 Å². The van der Waals surface area contributed by atoms with Crippen molar-refractivity contribution in [3.05, 3.63) is 53.2 Å². The molecule has 0 aliphatic carbocycles. The van der Waals surface area contributed by atoms with Crippen LogP contribution in [0.15, 0.2) is 41.9 Å². The average molecular weight is 377 g/mol. The number of carbonyl (C=O) groups is 1. The number of nitrogens with one attached hydrogen (secondary N) is 1. The van der Waals surface area contributed by atoms with Crippen LogP contribution in [0.25, 0.3) is 10.2 Å². The lowest BCUT2D eigenvalue weighted by atomic mass is 9.97. The van der Waals surface area contributed by atoms with E-state index in [2.05, 4.69) is 26.3 Å². The zero-order chi connectivity index (χ0) is 18.6. The third-order valence-corrected chi connectivity index (χ3v) is 5.63. The van der Waals surface area contributed by atoms with Crippen LogP contribution in [0.5, 0.6) is 0 Å². The van der Waals surface area contributed by atoms with Crippen molar-refractivity contribution in [3.63, 3.8) is 0 Å². The van der Waals surface area contributed by atoms with Gasteiger partial charge in [-0.15, -0.1) is 11.3 Å². The molecule has 27 heavy (non-hydrogen) atoms. The van der Waals surface area contributed by atoms with Crippen molar-refractivity contribution in [1.29, 1.82) is 5.26 Å². The van der Waals surface area contributed by atoms with Crippen LogP contribution in [0, 0.1) is 17.2 Å². The molecule has 1 aromatic carbocycles. The largest absolute Gasteiger partial charge is 0.356 e. The molecule has 1 fully saturated rings. The molecule has 1 saturated heterocycles. The second kappa shape index (κ2) is 7.72. The van der Waals surface area contributed by atoms with Crippen LogP contribution in [-0.4, -0.2) is 35.5 Å². The highest BCUT2D eigenvalue weighted by Crippen LogP contribution is 2.22. The predicted octanol–water partition coefficient (Wildman–Crippen LogP) is 3.21. The summed E-state index contributed by atoms with van der Waals surface area (Å²) in [5.41, 5.74) is 3.81. The number of nitriles is 1. The van der Waals surface area contributed by atoms with Crippen molar-refractivity contribution >= 4 is 33.3 Å². The van der Waals surface area contributed by atoms with Crippen LogP contribution < -0.4 is 10.2 Å². The van der Waals surface area contributed by atoms with Gasteiger partial charge < -0.3 is 10.2 Å². The van der Waals surface area contributed by atoms with Crippen LogP contribution in [0.4, 0.5) is 5.82 Å². The van der Waals surface area contributed by atoms with Crippen LogP contribution in [0.1, 0.15) is 28.9 Å². The number of piperidine rings is 1. The van der Waals surface area contributed by atoms with Crippen molar-refractivity contribution in [2.45, 2.75) is 12.8 Å². The van der Waals surface area contributed by atoms with Gasteiger partial charge in [-0.2, -0.15) is 5.26 Å². The number of nitrogens with zero attached hydrogens (tertiary/aromatic N) is 4. The molecule has 3 aromatic rings. The number of hydrogen-bond acceptors (Lipinski definition) is 6. The van der Waals surface area contributed by atoms with E-state index in [1.165, 1.54) is 11.3 Å². The molecule has 4 rings (SSSR count). The highest BCUT2D eigenvalue weighted by Gasteiger charge is 2.22. The Kier molecular flexibility index (Phi) is 4.99. The van der Waals surface area contributed by atoms with E-state index in [1.807, 2.05) is 30.3 Å². The van der Waals surface area contributed by atoms with Gasteiger partial charge in [0, 0.05) is 25.2 Å². The summed E-state index contributed by atoms with van der Waals surface area (Å²) in [5, 5.41) is 12.1. The molecule has 3 heterocycles. The molecule has 1 unspecified atom stereocenters. The Morgan fingerprint density at radius 3 is 3.19 bits per heavy atom. The van der Waals surface area contributed by atoms with Gasteiger partial charge in [0.1, 0.15) is 17.6 Å². The first-order valence-corrected chi connectivity index (χ1v) is 9.84. The standard InChI is InChI=1S/C20H19N5OS/c21-10-16-4-1-5-19(24-16)25-8-2-3-14(12-25)11-22-20(26)15-6-7-17-18(9-15)27-13-23-17/h1,4-7,9,13-14H,2-3,8,11-12H2,(H,22,26). The van der Waals surface area contributed by atoms with E-state index in [9.17, 15) is 4.79 Å². The van der Waals surface area contributed by atoms with Gasteiger partial charge in [-0.25, -0.2) is 9.97 Å². The Morgan fingerprint density at radius 1 is 1.37 bits per heavy atom. The lowest BCUT2D eigenvalue weighted by Gasteiger charge is -2.33. The molecule has 6 nitrogen and oxygen atoms in total. The average Bonchev–Trinajstić information content (AvgIpc) is 3.20. The third-order valence-electron chi connectivity index (χ3n) is 4.84. The summed E-state index contributed by atoms with van der Waals surface area (Å²) in [5.74, 6) is 1.15. The monoisotopic (exact) mass is 377 g/mol. The Morgan fingerprint density at radius 2 is 2.30 bits per heavy atom. The number of fused-ring (bicyclic) bond motifs is 1. The van der Waals surface area contributed by atoms with Crippen LogP contribution in [0.3, 0.4) is 0 Å². The minimum atomic E-state index is -0.0490. The number of thiazole rings is 1. The maximum Gasteiger partial charge on any atom is 0.251 e. The minimum absolute atomic E-state index is 0.0490. The molecule has 1 amide bonds. The summed E-state index contributed by atoms with van der Waals surface area (Å²) in [6, 6.07) is 13.2. The number of pyridine rings is 1. The van der Waals surface area contributed by atoms with E-state index in [0.29, 0.717) is 23.7 Å². The van der Waals surface area contributed by atoms with E-state index >= 15 is 0 Å². The summed E-state index contributed by atoms with van der Waals surface area (Å²) in [7, 11) is 0. The SMILES string of the molecule is N#Cc1cccc(N2CCCC(CNC(=O)c3ccc4ncsc4c3)C2)n1. The topological polar surface area (TPSA) is 81.9 Å². The zero-order valence-corrected chi connectivity index (χ0v) is 15.6. The molecule has 0 saturated carbocycles. The summed E-state index contributed by atoms with van der Waals surface area (Å²) in [6.45, 7) is 2.39. The summed E-state index contributed by atoms with van der Waals surface area (Å²) >= 11 is 1.54. The zero-order valence-electron chi connectivity index (χ0n) is 14.8. The van der Waals surface area contributed by atoms with Gasteiger partial charge in [0.15, 0.2) is 0 Å². The van der Waals surface area contributed by atoms with Crippen molar-refractivity contribution in [1.82, 2.24) is 15.3 Å². The molecule has 0 bridgehead atoms. The van der Waals surface area contributed by atoms with Gasteiger partial charge in [-0.3, -0.25) is 4.79 Å². The molecule has 1 N–H and O–H groups in total. The lowest BCUT2D eigenvalue weighted by molar-refractivity contribution is 0.0946.